The molecule has 1 unspecified atom stereocenters. The highest BCUT2D eigenvalue weighted by molar-refractivity contribution is 7.89. The monoisotopic (exact) mass is 386 g/mol. The number of nitrogens with zero attached hydrogens (tertiary/aromatic N) is 1. The van der Waals surface area contributed by atoms with E-state index in [9.17, 15) is 17.6 Å². The van der Waals surface area contributed by atoms with Crippen LogP contribution in [0.4, 0.5) is 4.39 Å². The van der Waals surface area contributed by atoms with Crippen LogP contribution in [0.2, 0.25) is 0 Å². The van der Waals surface area contributed by atoms with Gasteiger partial charge in [-0.1, -0.05) is 13.3 Å². The van der Waals surface area contributed by atoms with Crippen molar-refractivity contribution < 1.29 is 22.3 Å². The van der Waals surface area contributed by atoms with E-state index >= 15 is 0 Å². The zero-order valence-corrected chi connectivity index (χ0v) is 16.3. The van der Waals surface area contributed by atoms with E-state index in [1.807, 2.05) is 6.92 Å². The number of piperidine rings is 1. The number of amides is 1. The average Bonchev–Trinajstić information content (AvgIpc) is 2.62. The molecular formula is C18H27FN2O4S. The van der Waals surface area contributed by atoms with E-state index < -0.39 is 15.8 Å². The maximum atomic E-state index is 13.5. The number of hydrogen-bond donors (Lipinski definition) is 1. The Labute approximate surface area is 154 Å². The van der Waals surface area contributed by atoms with E-state index in [2.05, 4.69) is 12.2 Å². The summed E-state index contributed by atoms with van der Waals surface area (Å²) in [6.45, 7) is 4.48. The first kappa shape index (κ1) is 20.6. The van der Waals surface area contributed by atoms with Gasteiger partial charge in [-0.2, -0.15) is 4.31 Å². The summed E-state index contributed by atoms with van der Waals surface area (Å²) in [7, 11) is -2.52. The molecule has 1 saturated heterocycles. The van der Waals surface area contributed by atoms with E-state index in [4.69, 9.17) is 4.74 Å². The van der Waals surface area contributed by atoms with Gasteiger partial charge in [0.1, 0.15) is 16.5 Å². The first-order valence-electron chi connectivity index (χ1n) is 8.93. The molecule has 1 N–H and O–H groups in total. The predicted molar refractivity (Wildman–Crippen MR) is 96.9 cm³/mol. The topological polar surface area (TPSA) is 75.7 Å². The van der Waals surface area contributed by atoms with Crippen LogP contribution >= 0.6 is 0 Å². The predicted octanol–water partition coefficient (Wildman–Crippen LogP) is 2.54. The number of nitrogens with one attached hydrogen (secondary N) is 1. The van der Waals surface area contributed by atoms with E-state index in [1.54, 1.807) is 0 Å². The van der Waals surface area contributed by atoms with Crippen molar-refractivity contribution in [3.63, 3.8) is 0 Å². The minimum Gasteiger partial charge on any atom is -0.495 e. The third kappa shape index (κ3) is 4.73. The highest BCUT2D eigenvalue weighted by Crippen LogP contribution is 2.30. The zero-order valence-electron chi connectivity index (χ0n) is 15.5. The Bertz CT molecular complexity index is 731. The van der Waals surface area contributed by atoms with Gasteiger partial charge in [-0.25, -0.2) is 12.8 Å². The summed E-state index contributed by atoms with van der Waals surface area (Å²) in [4.78, 5) is 12.1. The third-order valence-electron chi connectivity index (χ3n) is 4.68. The summed E-state index contributed by atoms with van der Waals surface area (Å²) >= 11 is 0. The van der Waals surface area contributed by atoms with Gasteiger partial charge in [0.25, 0.3) is 0 Å². The fourth-order valence-corrected chi connectivity index (χ4v) is 4.85. The molecule has 2 rings (SSSR count). The molecule has 1 heterocycles. The van der Waals surface area contributed by atoms with Gasteiger partial charge in [-0.05, 0) is 44.4 Å². The quantitative estimate of drug-likeness (QED) is 0.781. The van der Waals surface area contributed by atoms with Crippen molar-refractivity contribution in [2.45, 2.75) is 50.5 Å². The lowest BCUT2D eigenvalue weighted by atomic mass is 9.96. The van der Waals surface area contributed by atoms with Crippen LogP contribution in [0.25, 0.3) is 0 Å². The van der Waals surface area contributed by atoms with Crippen molar-refractivity contribution in [2.24, 2.45) is 5.92 Å². The number of carbonyl (C=O) groups excluding carboxylic acids is 1. The van der Waals surface area contributed by atoms with Crippen LogP contribution in [0, 0.1) is 11.7 Å². The molecule has 0 saturated carbocycles. The fourth-order valence-electron chi connectivity index (χ4n) is 3.22. The normalized spacial score (nSPS) is 17.7. The summed E-state index contributed by atoms with van der Waals surface area (Å²) in [5.74, 6) is -0.746. The van der Waals surface area contributed by atoms with Crippen LogP contribution in [0.5, 0.6) is 5.75 Å². The molecule has 0 aromatic heterocycles. The zero-order chi connectivity index (χ0) is 19.3. The molecule has 1 aromatic carbocycles. The van der Waals surface area contributed by atoms with Gasteiger partial charge in [0.05, 0.1) is 7.11 Å². The summed E-state index contributed by atoms with van der Waals surface area (Å²) in [6, 6.07) is 3.55. The summed E-state index contributed by atoms with van der Waals surface area (Å²) in [6.07, 6.45) is 2.80. The minimum atomic E-state index is -3.87. The maximum Gasteiger partial charge on any atom is 0.246 e. The van der Waals surface area contributed by atoms with Crippen molar-refractivity contribution >= 4 is 15.9 Å². The Kier molecular flexibility index (Phi) is 7.00. The lowest BCUT2D eigenvalue weighted by Gasteiger charge is -2.31. The minimum absolute atomic E-state index is 0.0219. The van der Waals surface area contributed by atoms with Crippen LogP contribution < -0.4 is 10.1 Å². The first-order chi connectivity index (χ1) is 12.3. The molecule has 0 bridgehead atoms. The molecule has 1 aromatic rings. The molecule has 0 spiro atoms. The van der Waals surface area contributed by atoms with E-state index in [-0.39, 0.29) is 41.6 Å². The van der Waals surface area contributed by atoms with E-state index in [0.717, 1.165) is 25.0 Å². The van der Waals surface area contributed by atoms with Gasteiger partial charge in [-0.3, -0.25) is 4.79 Å². The number of hydrogen-bond acceptors (Lipinski definition) is 4. The van der Waals surface area contributed by atoms with Crippen molar-refractivity contribution in [3.05, 3.63) is 24.0 Å². The molecule has 1 amide bonds. The summed E-state index contributed by atoms with van der Waals surface area (Å²) < 4.78 is 45.6. The Morgan fingerprint density at radius 3 is 2.62 bits per heavy atom. The molecule has 0 radical (unpaired) electrons. The molecule has 1 fully saturated rings. The molecule has 1 aliphatic heterocycles. The Balaban J connectivity index is 2.05. The number of rotatable bonds is 7. The van der Waals surface area contributed by atoms with Gasteiger partial charge in [-0.15, -0.1) is 0 Å². The second-order valence-corrected chi connectivity index (χ2v) is 8.58. The second-order valence-electron chi connectivity index (χ2n) is 6.67. The van der Waals surface area contributed by atoms with Gasteiger partial charge < -0.3 is 10.1 Å². The summed E-state index contributed by atoms with van der Waals surface area (Å²) in [5, 5.41) is 2.98. The molecule has 26 heavy (non-hydrogen) atoms. The van der Waals surface area contributed by atoms with Crippen LogP contribution in [0.15, 0.2) is 23.1 Å². The molecule has 1 atom stereocenters. The number of carbonyl (C=O) groups is 1. The van der Waals surface area contributed by atoms with Crippen molar-refractivity contribution in [3.8, 4) is 5.75 Å². The van der Waals surface area contributed by atoms with Gasteiger partial charge >= 0.3 is 0 Å². The van der Waals surface area contributed by atoms with Gasteiger partial charge in [0, 0.05) is 25.0 Å². The Morgan fingerprint density at radius 2 is 2.04 bits per heavy atom. The Morgan fingerprint density at radius 1 is 1.38 bits per heavy atom. The fraction of sp³-hybridized carbons (Fsp3) is 0.611. The lowest BCUT2D eigenvalue weighted by molar-refractivity contribution is -0.126. The van der Waals surface area contributed by atoms with Gasteiger partial charge in [0.15, 0.2) is 0 Å². The van der Waals surface area contributed by atoms with E-state index in [0.29, 0.717) is 12.8 Å². The second kappa shape index (κ2) is 8.81. The first-order valence-corrected chi connectivity index (χ1v) is 10.4. The van der Waals surface area contributed by atoms with E-state index in [1.165, 1.54) is 17.5 Å². The van der Waals surface area contributed by atoms with Gasteiger partial charge in [0.2, 0.25) is 15.9 Å². The lowest BCUT2D eigenvalue weighted by Crippen LogP contribution is -2.44. The highest BCUT2D eigenvalue weighted by atomic mass is 32.2. The number of sulfonamides is 1. The molecule has 0 aliphatic carbocycles. The molecule has 146 valence electrons. The highest BCUT2D eigenvalue weighted by Gasteiger charge is 2.34. The number of methoxy groups -OCH3 is 1. The average molecular weight is 386 g/mol. The van der Waals surface area contributed by atoms with Crippen LogP contribution in [-0.2, 0) is 14.8 Å². The smallest absolute Gasteiger partial charge is 0.246 e. The van der Waals surface area contributed by atoms with Crippen molar-refractivity contribution in [1.29, 1.82) is 0 Å². The largest absolute Gasteiger partial charge is 0.495 e. The molecule has 8 heteroatoms. The number of benzene rings is 1. The molecule has 1 aliphatic rings. The molecular weight excluding hydrogens is 359 g/mol. The third-order valence-corrected chi connectivity index (χ3v) is 6.60. The number of ether oxygens (including phenoxy) is 1. The summed E-state index contributed by atoms with van der Waals surface area (Å²) in [5.41, 5.74) is 0. The SMILES string of the molecule is CCCC(C)NC(=O)C1CCN(S(=O)(=O)c2cc(F)ccc2OC)CC1. The Hall–Kier alpha value is -1.67. The van der Waals surface area contributed by atoms with Crippen LogP contribution in [-0.4, -0.2) is 44.9 Å². The number of halogens is 1. The standard InChI is InChI=1S/C18H27FN2O4S/c1-4-5-13(2)20-18(22)14-8-10-21(11-9-14)26(23,24)17-12-15(19)6-7-16(17)25-3/h6-7,12-14H,4-5,8-11H2,1-3H3,(H,20,22). The van der Waals surface area contributed by atoms with Crippen LogP contribution in [0.3, 0.4) is 0 Å². The van der Waals surface area contributed by atoms with Crippen LogP contribution in [0.1, 0.15) is 39.5 Å². The molecule has 6 nitrogen and oxygen atoms in total. The maximum absolute atomic E-state index is 13.5. The van der Waals surface area contributed by atoms with Crippen molar-refractivity contribution in [2.75, 3.05) is 20.2 Å². The van der Waals surface area contributed by atoms with Crippen molar-refractivity contribution in [1.82, 2.24) is 9.62 Å².